The highest BCUT2D eigenvalue weighted by Crippen LogP contribution is 1.94. The SMILES string of the molecule is Cn1ccc(C(=O)NCCc2ncn[nH]2)cc1=O. The molecule has 0 atom stereocenters. The Morgan fingerprint density at radius 3 is 3.06 bits per heavy atom. The van der Waals surface area contributed by atoms with Crippen molar-refractivity contribution in [3.63, 3.8) is 0 Å². The van der Waals surface area contributed by atoms with Crippen molar-refractivity contribution in [1.29, 1.82) is 0 Å². The van der Waals surface area contributed by atoms with Gasteiger partial charge >= 0.3 is 0 Å². The fourth-order valence-corrected chi connectivity index (χ4v) is 1.44. The molecule has 0 radical (unpaired) electrons. The van der Waals surface area contributed by atoms with Crippen LogP contribution in [0.2, 0.25) is 0 Å². The van der Waals surface area contributed by atoms with Crippen molar-refractivity contribution in [3.05, 3.63) is 46.4 Å². The van der Waals surface area contributed by atoms with Gasteiger partial charge in [0.2, 0.25) is 0 Å². The minimum absolute atomic E-state index is 0.210. The second-order valence-electron chi connectivity index (χ2n) is 3.80. The second kappa shape index (κ2) is 5.26. The highest BCUT2D eigenvalue weighted by molar-refractivity contribution is 5.93. The fourth-order valence-electron chi connectivity index (χ4n) is 1.44. The molecule has 0 aliphatic carbocycles. The van der Waals surface area contributed by atoms with Crippen LogP contribution >= 0.6 is 0 Å². The Bertz CT molecular complexity index is 588. The highest BCUT2D eigenvalue weighted by atomic mass is 16.2. The summed E-state index contributed by atoms with van der Waals surface area (Å²) < 4.78 is 1.41. The minimum atomic E-state index is -0.271. The lowest BCUT2D eigenvalue weighted by molar-refractivity contribution is 0.0953. The summed E-state index contributed by atoms with van der Waals surface area (Å²) >= 11 is 0. The summed E-state index contributed by atoms with van der Waals surface area (Å²) in [5.41, 5.74) is 0.147. The number of nitrogens with one attached hydrogen (secondary N) is 2. The van der Waals surface area contributed by atoms with Gasteiger partial charge in [-0.05, 0) is 6.07 Å². The summed E-state index contributed by atoms with van der Waals surface area (Å²) in [5.74, 6) is 0.437. The van der Waals surface area contributed by atoms with Crippen LogP contribution < -0.4 is 10.9 Å². The lowest BCUT2D eigenvalue weighted by atomic mass is 10.2. The van der Waals surface area contributed by atoms with Gasteiger partial charge in [0.05, 0.1) is 0 Å². The summed E-state index contributed by atoms with van der Waals surface area (Å²) in [4.78, 5) is 27.0. The first-order chi connectivity index (χ1) is 8.66. The van der Waals surface area contributed by atoms with Gasteiger partial charge in [-0.1, -0.05) is 0 Å². The van der Waals surface area contributed by atoms with Gasteiger partial charge in [-0.3, -0.25) is 14.7 Å². The predicted octanol–water partition coefficient (Wildman–Crippen LogP) is -0.524. The van der Waals surface area contributed by atoms with Crippen molar-refractivity contribution in [2.75, 3.05) is 6.54 Å². The van der Waals surface area contributed by atoms with E-state index in [-0.39, 0.29) is 11.5 Å². The van der Waals surface area contributed by atoms with Gasteiger partial charge in [-0.2, -0.15) is 5.10 Å². The maximum atomic E-state index is 11.7. The van der Waals surface area contributed by atoms with Crippen LogP contribution in [-0.2, 0) is 13.5 Å². The number of aryl methyl sites for hydroxylation is 1. The zero-order chi connectivity index (χ0) is 13.0. The van der Waals surface area contributed by atoms with Crippen LogP contribution in [0.4, 0.5) is 0 Å². The number of carbonyl (C=O) groups excluding carboxylic acids is 1. The van der Waals surface area contributed by atoms with Crippen LogP contribution in [0.25, 0.3) is 0 Å². The zero-order valence-corrected chi connectivity index (χ0v) is 9.88. The van der Waals surface area contributed by atoms with Crippen molar-refractivity contribution in [2.24, 2.45) is 7.05 Å². The van der Waals surface area contributed by atoms with Gasteiger partial charge < -0.3 is 9.88 Å². The standard InChI is InChI=1S/C11H13N5O2/c1-16-5-3-8(6-10(16)17)11(18)12-4-2-9-13-7-14-15-9/h3,5-7H,2,4H2,1H3,(H,12,18)(H,13,14,15). The molecule has 2 heterocycles. The monoisotopic (exact) mass is 247 g/mol. The lowest BCUT2D eigenvalue weighted by Crippen LogP contribution is -2.28. The third kappa shape index (κ3) is 2.82. The molecule has 0 aliphatic rings. The first kappa shape index (κ1) is 12.0. The fraction of sp³-hybridized carbons (Fsp3) is 0.273. The molecule has 0 unspecified atom stereocenters. The zero-order valence-electron chi connectivity index (χ0n) is 9.88. The van der Waals surface area contributed by atoms with Gasteiger partial charge in [0.15, 0.2) is 0 Å². The second-order valence-corrected chi connectivity index (χ2v) is 3.80. The quantitative estimate of drug-likeness (QED) is 0.760. The average molecular weight is 247 g/mol. The number of nitrogens with zero attached hydrogens (tertiary/aromatic N) is 3. The van der Waals surface area contributed by atoms with Crippen LogP contribution in [0.1, 0.15) is 16.2 Å². The van der Waals surface area contributed by atoms with Crippen LogP contribution in [0.3, 0.4) is 0 Å². The normalized spacial score (nSPS) is 10.3. The molecular formula is C11H13N5O2. The van der Waals surface area contributed by atoms with Crippen molar-refractivity contribution >= 4 is 5.91 Å². The summed E-state index contributed by atoms with van der Waals surface area (Å²) in [6.45, 7) is 0.434. The van der Waals surface area contributed by atoms with Crippen LogP contribution in [-0.4, -0.2) is 32.2 Å². The van der Waals surface area contributed by atoms with Crippen molar-refractivity contribution in [3.8, 4) is 0 Å². The lowest BCUT2D eigenvalue weighted by Gasteiger charge is -2.04. The molecule has 0 spiro atoms. The first-order valence-electron chi connectivity index (χ1n) is 5.46. The summed E-state index contributed by atoms with van der Waals surface area (Å²) in [6, 6.07) is 2.91. The van der Waals surface area contributed by atoms with E-state index in [1.165, 1.54) is 17.0 Å². The number of hydrogen-bond acceptors (Lipinski definition) is 4. The molecule has 2 N–H and O–H groups in total. The molecule has 2 aromatic heterocycles. The molecule has 0 saturated carbocycles. The summed E-state index contributed by atoms with van der Waals surface area (Å²) in [6.07, 6.45) is 3.54. The van der Waals surface area contributed by atoms with Crippen molar-refractivity contribution in [2.45, 2.75) is 6.42 Å². The number of hydrogen-bond donors (Lipinski definition) is 2. The smallest absolute Gasteiger partial charge is 0.251 e. The third-order valence-electron chi connectivity index (χ3n) is 2.48. The molecule has 0 aliphatic heterocycles. The Morgan fingerprint density at radius 2 is 2.39 bits per heavy atom. The van der Waals surface area contributed by atoms with E-state index < -0.39 is 0 Å². The molecular weight excluding hydrogens is 234 g/mol. The van der Waals surface area contributed by atoms with Gasteiger partial charge in [0, 0.05) is 37.8 Å². The Balaban J connectivity index is 1.91. The van der Waals surface area contributed by atoms with Crippen LogP contribution in [0, 0.1) is 0 Å². The number of aromatic nitrogens is 4. The molecule has 0 fully saturated rings. The maximum absolute atomic E-state index is 11.7. The van der Waals surface area contributed by atoms with Gasteiger partial charge in [-0.15, -0.1) is 0 Å². The van der Waals surface area contributed by atoms with E-state index >= 15 is 0 Å². The average Bonchev–Trinajstić information content (AvgIpc) is 2.85. The minimum Gasteiger partial charge on any atom is -0.352 e. The van der Waals surface area contributed by atoms with E-state index in [0.29, 0.717) is 24.4 Å². The molecule has 0 saturated heterocycles. The molecule has 94 valence electrons. The number of pyridine rings is 1. The number of H-pyrrole nitrogens is 1. The summed E-state index contributed by atoms with van der Waals surface area (Å²) in [7, 11) is 1.63. The van der Waals surface area contributed by atoms with Crippen LogP contribution in [0.15, 0.2) is 29.5 Å². The molecule has 2 aromatic rings. The first-order valence-corrected chi connectivity index (χ1v) is 5.46. The molecule has 2 rings (SSSR count). The largest absolute Gasteiger partial charge is 0.352 e. The van der Waals surface area contributed by atoms with E-state index in [0.717, 1.165) is 0 Å². The predicted molar refractivity (Wildman–Crippen MR) is 64.1 cm³/mol. The molecule has 0 bridgehead atoms. The molecule has 18 heavy (non-hydrogen) atoms. The molecule has 1 amide bonds. The molecule has 7 heteroatoms. The van der Waals surface area contributed by atoms with E-state index in [1.54, 1.807) is 19.3 Å². The number of aromatic amines is 1. The molecule has 7 nitrogen and oxygen atoms in total. The van der Waals surface area contributed by atoms with E-state index in [4.69, 9.17) is 0 Å². The van der Waals surface area contributed by atoms with Gasteiger partial charge in [0.1, 0.15) is 12.2 Å². The van der Waals surface area contributed by atoms with Crippen LogP contribution in [0.5, 0.6) is 0 Å². The van der Waals surface area contributed by atoms with Crippen molar-refractivity contribution < 1.29 is 4.79 Å². The number of amides is 1. The van der Waals surface area contributed by atoms with E-state index in [2.05, 4.69) is 20.5 Å². The van der Waals surface area contributed by atoms with Gasteiger partial charge in [0.25, 0.3) is 11.5 Å². The van der Waals surface area contributed by atoms with Crippen molar-refractivity contribution in [1.82, 2.24) is 25.1 Å². The molecule has 0 aromatic carbocycles. The van der Waals surface area contributed by atoms with E-state index in [9.17, 15) is 9.59 Å². The topological polar surface area (TPSA) is 92.7 Å². The maximum Gasteiger partial charge on any atom is 0.251 e. The number of carbonyl (C=O) groups is 1. The Morgan fingerprint density at radius 1 is 1.56 bits per heavy atom. The van der Waals surface area contributed by atoms with Gasteiger partial charge in [-0.25, -0.2) is 4.98 Å². The number of rotatable bonds is 4. The third-order valence-corrected chi connectivity index (χ3v) is 2.48. The highest BCUT2D eigenvalue weighted by Gasteiger charge is 2.06. The van der Waals surface area contributed by atoms with E-state index in [1.807, 2.05) is 0 Å². The summed E-state index contributed by atoms with van der Waals surface area (Å²) in [5, 5.41) is 9.12. The Kier molecular flexibility index (Phi) is 3.52. The Labute approximate surface area is 103 Å². The Hall–Kier alpha value is -2.44.